The quantitative estimate of drug-likeness (QED) is 0.525. The second-order valence-electron chi connectivity index (χ2n) is 5.22. The molecular weight excluding hydrogens is 323 g/mol. The Morgan fingerprint density at radius 1 is 1.00 bits per heavy atom. The van der Waals surface area contributed by atoms with Crippen molar-refractivity contribution in [2.24, 2.45) is 0 Å². The minimum absolute atomic E-state index is 0.431. The summed E-state index contributed by atoms with van der Waals surface area (Å²) in [4.78, 5) is 10.1. The zero-order valence-corrected chi connectivity index (χ0v) is 13.9. The van der Waals surface area contributed by atoms with Crippen molar-refractivity contribution in [3.8, 4) is 0 Å². The highest BCUT2D eigenvalue weighted by Crippen LogP contribution is 2.40. The molecule has 1 aromatic heterocycles. The summed E-state index contributed by atoms with van der Waals surface area (Å²) in [6.07, 6.45) is 4.76. The van der Waals surface area contributed by atoms with Crippen molar-refractivity contribution in [3.63, 3.8) is 0 Å². The van der Waals surface area contributed by atoms with Crippen molar-refractivity contribution in [2.75, 3.05) is 0 Å². The summed E-state index contributed by atoms with van der Waals surface area (Å²) in [6.45, 7) is 0. The van der Waals surface area contributed by atoms with Gasteiger partial charge in [0.15, 0.2) is 0 Å². The van der Waals surface area contributed by atoms with Crippen molar-refractivity contribution in [3.05, 3.63) is 52.0 Å². The van der Waals surface area contributed by atoms with E-state index in [1.165, 1.54) is 17.7 Å². The van der Waals surface area contributed by atoms with Gasteiger partial charge in [-0.3, -0.25) is 0 Å². The zero-order chi connectivity index (χ0) is 14.7. The highest BCUT2D eigenvalue weighted by molar-refractivity contribution is 7.98. The molecule has 1 heterocycles. The van der Waals surface area contributed by atoms with Crippen LogP contribution in [0.15, 0.2) is 35.2 Å². The molecule has 0 N–H and O–H groups in total. The summed E-state index contributed by atoms with van der Waals surface area (Å²) in [5.74, 6) is 1.80. The molecule has 0 bridgehead atoms. The van der Waals surface area contributed by atoms with E-state index in [1.54, 1.807) is 11.8 Å². The molecular formula is C16H16Cl2N2S. The second kappa shape index (κ2) is 6.99. The van der Waals surface area contributed by atoms with Gasteiger partial charge in [0.05, 0.1) is 5.75 Å². The molecule has 2 nitrogen and oxygen atoms in total. The van der Waals surface area contributed by atoms with E-state index < -0.39 is 0 Å². The first kappa shape index (κ1) is 15.1. The van der Waals surface area contributed by atoms with Crippen LogP contribution in [0.4, 0.5) is 0 Å². The fourth-order valence-electron chi connectivity index (χ4n) is 2.74. The average molecular weight is 339 g/mol. The van der Waals surface area contributed by atoms with E-state index in [-0.39, 0.29) is 0 Å². The van der Waals surface area contributed by atoms with E-state index in [0.717, 1.165) is 18.4 Å². The molecule has 0 aliphatic heterocycles. The molecule has 1 fully saturated rings. The molecule has 1 aliphatic carbocycles. The normalized spacial score (nSPS) is 15.5. The third kappa shape index (κ3) is 3.71. The first-order chi connectivity index (χ1) is 10.2. The van der Waals surface area contributed by atoms with Gasteiger partial charge >= 0.3 is 0 Å². The Balaban J connectivity index is 1.75. The molecule has 0 amide bonds. The maximum atomic E-state index is 6.35. The van der Waals surface area contributed by atoms with Crippen LogP contribution in [0.5, 0.6) is 0 Å². The molecule has 0 radical (unpaired) electrons. The summed E-state index contributed by atoms with van der Waals surface area (Å²) >= 11 is 14.4. The lowest BCUT2D eigenvalue weighted by atomic mass is 10.0. The number of hydrogen-bond acceptors (Lipinski definition) is 3. The Kier molecular flexibility index (Phi) is 5.04. The minimum Gasteiger partial charge on any atom is -0.220 e. The van der Waals surface area contributed by atoms with Gasteiger partial charge in [-0.1, -0.05) is 54.2 Å². The summed E-state index contributed by atoms with van der Waals surface area (Å²) in [6, 6.07) is 10.2. The fourth-order valence-corrected chi connectivity index (χ4v) is 4.24. The van der Waals surface area contributed by atoms with Gasteiger partial charge in [0.1, 0.15) is 16.1 Å². The van der Waals surface area contributed by atoms with E-state index in [4.69, 9.17) is 23.2 Å². The van der Waals surface area contributed by atoms with Crippen LogP contribution in [0.1, 0.15) is 43.0 Å². The highest BCUT2D eigenvalue weighted by atomic mass is 35.5. The highest BCUT2D eigenvalue weighted by Gasteiger charge is 2.24. The number of thioether (sulfide) groups is 1. The summed E-state index contributed by atoms with van der Waals surface area (Å²) < 4.78 is 0. The van der Waals surface area contributed by atoms with Crippen molar-refractivity contribution in [2.45, 2.75) is 42.2 Å². The number of halogens is 2. The Morgan fingerprint density at radius 3 is 2.24 bits per heavy atom. The Bertz CT molecular complexity index is 590. The Morgan fingerprint density at radius 2 is 1.62 bits per heavy atom. The fraction of sp³-hybridized carbons (Fsp3) is 0.375. The van der Waals surface area contributed by atoms with Crippen LogP contribution in [0.25, 0.3) is 0 Å². The summed E-state index contributed by atoms with van der Waals surface area (Å²) in [5, 5.41) is 1.07. The Hall–Kier alpha value is -0.770. The molecule has 0 spiro atoms. The smallest absolute Gasteiger partial charge is 0.142 e. The minimum atomic E-state index is 0.431. The van der Waals surface area contributed by atoms with Crippen molar-refractivity contribution in [1.82, 2.24) is 9.97 Å². The maximum absolute atomic E-state index is 6.35. The largest absolute Gasteiger partial charge is 0.220 e. The average Bonchev–Trinajstić information content (AvgIpc) is 2.99. The van der Waals surface area contributed by atoms with Crippen LogP contribution in [0, 0.1) is 0 Å². The summed E-state index contributed by atoms with van der Waals surface area (Å²) in [7, 11) is 0. The molecule has 1 aromatic carbocycles. The van der Waals surface area contributed by atoms with Crippen LogP contribution < -0.4 is 0 Å². The van der Waals surface area contributed by atoms with Crippen LogP contribution in [-0.2, 0) is 5.75 Å². The van der Waals surface area contributed by atoms with Crippen LogP contribution in [0.3, 0.4) is 0 Å². The lowest BCUT2D eigenvalue weighted by molar-refractivity contribution is 0.712. The van der Waals surface area contributed by atoms with E-state index in [1.807, 2.05) is 18.2 Å². The molecule has 1 saturated carbocycles. The molecule has 0 unspecified atom stereocenters. The van der Waals surface area contributed by atoms with Crippen LogP contribution >= 0.6 is 35.0 Å². The first-order valence-corrected chi connectivity index (χ1v) is 8.88. The van der Waals surface area contributed by atoms with Gasteiger partial charge in [-0.2, -0.15) is 0 Å². The van der Waals surface area contributed by atoms with Crippen molar-refractivity contribution in [1.29, 1.82) is 0 Å². The molecule has 0 atom stereocenters. The lowest BCUT2D eigenvalue weighted by Gasteiger charge is -2.13. The number of aromatic nitrogens is 2. The number of rotatable bonds is 4. The molecule has 110 valence electrons. The van der Waals surface area contributed by atoms with E-state index in [9.17, 15) is 0 Å². The van der Waals surface area contributed by atoms with Crippen LogP contribution in [-0.4, -0.2) is 9.97 Å². The molecule has 21 heavy (non-hydrogen) atoms. The van der Waals surface area contributed by atoms with Gasteiger partial charge < -0.3 is 0 Å². The first-order valence-electron chi connectivity index (χ1n) is 7.13. The number of hydrogen-bond donors (Lipinski definition) is 0. The summed E-state index contributed by atoms with van der Waals surface area (Å²) in [5.41, 5.74) is 0.948. The molecule has 0 saturated heterocycles. The van der Waals surface area contributed by atoms with E-state index in [0.29, 0.717) is 27.8 Å². The predicted octanol–water partition coefficient (Wildman–Crippen LogP) is 5.73. The van der Waals surface area contributed by atoms with Crippen molar-refractivity contribution >= 4 is 35.0 Å². The van der Waals surface area contributed by atoms with Gasteiger partial charge in [0, 0.05) is 10.5 Å². The van der Waals surface area contributed by atoms with Crippen molar-refractivity contribution < 1.29 is 0 Å². The molecule has 3 rings (SSSR count). The van der Waals surface area contributed by atoms with Crippen LogP contribution in [0.2, 0.25) is 10.3 Å². The van der Waals surface area contributed by atoms with E-state index >= 15 is 0 Å². The number of benzene rings is 1. The second-order valence-corrected chi connectivity index (χ2v) is 6.98. The molecule has 1 aliphatic rings. The van der Waals surface area contributed by atoms with Gasteiger partial charge in [0.25, 0.3) is 0 Å². The van der Waals surface area contributed by atoms with E-state index in [2.05, 4.69) is 22.1 Å². The third-order valence-electron chi connectivity index (χ3n) is 3.77. The topological polar surface area (TPSA) is 25.8 Å². The van der Waals surface area contributed by atoms with Gasteiger partial charge in [0.2, 0.25) is 0 Å². The standard InChI is InChI=1S/C16H16Cl2N2S/c17-15-14(11-6-4-5-7-11)16(18)20-13(19-15)10-21-12-8-2-1-3-9-12/h1-3,8-9,11H,4-7,10H2. The molecule has 5 heteroatoms. The van der Waals surface area contributed by atoms with Gasteiger partial charge in [-0.25, -0.2) is 9.97 Å². The maximum Gasteiger partial charge on any atom is 0.142 e. The lowest BCUT2D eigenvalue weighted by Crippen LogP contribution is -2.03. The number of nitrogens with zero attached hydrogens (tertiary/aromatic N) is 2. The SMILES string of the molecule is Clc1nc(CSc2ccccc2)nc(Cl)c1C1CCCC1. The third-order valence-corrected chi connectivity index (χ3v) is 5.36. The van der Waals surface area contributed by atoms with Gasteiger partial charge in [-0.05, 0) is 30.9 Å². The molecule has 2 aromatic rings. The predicted molar refractivity (Wildman–Crippen MR) is 89.3 cm³/mol. The van der Waals surface area contributed by atoms with Gasteiger partial charge in [-0.15, -0.1) is 11.8 Å². The monoisotopic (exact) mass is 338 g/mol. The zero-order valence-electron chi connectivity index (χ0n) is 11.6. The Labute approximate surface area is 139 Å².